The maximum Gasteiger partial charge on any atom is 0.281 e. The third-order valence-electron chi connectivity index (χ3n) is 5.20. The van der Waals surface area contributed by atoms with Gasteiger partial charge in [-0.3, -0.25) is 14.9 Å². The first-order chi connectivity index (χ1) is 15.4. The fourth-order valence-electron chi connectivity index (χ4n) is 3.50. The molecule has 6 nitrogen and oxygen atoms in total. The summed E-state index contributed by atoms with van der Waals surface area (Å²) in [7, 11) is 0. The van der Waals surface area contributed by atoms with Gasteiger partial charge >= 0.3 is 0 Å². The summed E-state index contributed by atoms with van der Waals surface area (Å²) < 4.78 is 0. The molecule has 6 heteroatoms. The normalized spacial score (nSPS) is 15.2. The quantitative estimate of drug-likeness (QED) is 0.296. The second kappa shape index (κ2) is 8.81. The van der Waals surface area contributed by atoms with Crippen LogP contribution in [-0.4, -0.2) is 16.5 Å². The number of hydrogen-bond donors (Lipinski definition) is 0. The molecule has 0 fully saturated rings. The van der Waals surface area contributed by atoms with Crippen LogP contribution in [-0.2, 0) is 4.79 Å². The Morgan fingerprint density at radius 3 is 2.22 bits per heavy atom. The zero-order valence-corrected chi connectivity index (χ0v) is 17.7. The van der Waals surface area contributed by atoms with Gasteiger partial charge in [0.15, 0.2) is 0 Å². The Kier molecular flexibility index (Phi) is 5.77. The van der Waals surface area contributed by atoms with Gasteiger partial charge in [0, 0.05) is 12.1 Å². The molecule has 3 aromatic rings. The molecule has 1 heterocycles. The molecule has 0 spiro atoms. The minimum absolute atomic E-state index is 0.0340. The van der Waals surface area contributed by atoms with Gasteiger partial charge < -0.3 is 0 Å². The zero-order chi connectivity index (χ0) is 22.7. The molecular weight excluding hydrogens is 402 g/mol. The number of carbonyl (C=O) groups excluding carboxylic acids is 1. The Morgan fingerprint density at radius 1 is 0.938 bits per heavy atom. The van der Waals surface area contributed by atoms with Crippen LogP contribution in [0.4, 0.5) is 11.4 Å². The molecule has 0 atom stereocenters. The summed E-state index contributed by atoms with van der Waals surface area (Å²) in [6.07, 6.45) is 3.71. The summed E-state index contributed by atoms with van der Waals surface area (Å²) in [5.41, 5.74) is 5.43. The third kappa shape index (κ3) is 4.25. The predicted octanol–water partition coefficient (Wildman–Crippen LogP) is 5.79. The molecular formula is C26H21N3O3. The van der Waals surface area contributed by atoms with Crippen LogP contribution in [0.3, 0.4) is 0 Å². The van der Waals surface area contributed by atoms with Crippen LogP contribution in [0.2, 0.25) is 0 Å². The summed E-state index contributed by atoms with van der Waals surface area (Å²) in [4.78, 5) is 23.9. The molecule has 1 aliphatic rings. The average molecular weight is 423 g/mol. The first-order valence-corrected chi connectivity index (χ1v) is 10.1. The number of nitrogens with zero attached hydrogens (tertiary/aromatic N) is 3. The molecule has 3 aromatic carbocycles. The molecule has 32 heavy (non-hydrogen) atoms. The van der Waals surface area contributed by atoms with Crippen LogP contribution in [0.1, 0.15) is 23.6 Å². The third-order valence-corrected chi connectivity index (χ3v) is 5.20. The minimum atomic E-state index is -0.428. The predicted molar refractivity (Wildman–Crippen MR) is 127 cm³/mol. The minimum Gasteiger partial charge on any atom is -0.267 e. The van der Waals surface area contributed by atoms with Crippen LogP contribution in [0, 0.1) is 17.0 Å². The standard InChI is InChI=1S/C26H21N3O3/c1-18-8-13-21(14-9-18)24(17-12-20-10-15-23(16-11-20)29(31)32)25-19(2)27-28(26(25)30)22-6-4-3-5-7-22/h3-17H,1-2H3/b17-12-,25-24-. The van der Waals surface area contributed by atoms with Gasteiger partial charge in [0.2, 0.25) is 0 Å². The van der Waals surface area contributed by atoms with Crippen LogP contribution < -0.4 is 5.01 Å². The number of amides is 1. The van der Waals surface area contributed by atoms with Crippen LogP contribution in [0.25, 0.3) is 11.6 Å². The van der Waals surface area contributed by atoms with Crippen molar-refractivity contribution in [3.8, 4) is 0 Å². The lowest BCUT2D eigenvalue weighted by molar-refractivity contribution is -0.384. The lowest BCUT2D eigenvalue weighted by Crippen LogP contribution is -2.21. The number of para-hydroxylation sites is 1. The van der Waals surface area contributed by atoms with Crippen molar-refractivity contribution in [3.05, 3.63) is 117 Å². The van der Waals surface area contributed by atoms with Crippen molar-refractivity contribution in [3.63, 3.8) is 0 Å². The number of rotatable bonds is 5. The van der Waals surface area contributed by atoms with E-state index in [9.17, 15) is 14.9 Å². The van der Waals surface area contributed by atoms with E-state index in [1.165, 1.54) is 17.1 Å². The largest absolute Gasteiger partial charge is 0.281 e. The maximum absolute atomic E-state index is 13.4. The molecule has 0 saturated heterocycles. The van der Waals surface area contributed by atoms with Gasteiger partial charge in [0.05, 0.1) is 21.9 Å². The number of hydrazone groups is 1. The van der Waals surface area contributed by atoms with E-state index >= 15 is 0 Å². The first-order valence-electron chi connectivity index (χ1n) is 10.1. The van der Waals surface area contributed by atoms with Gasteiger partial charge in [-0.25, -0.2) is 0 Å². The van der Waals surface area contributed by atoms with E-state index < -0.39 is 4.92 Å². The monoisotopic (exact) mass is 423 g/mol. The molecule has 1 amide bonds. The summed E-state index contributed by atoms with van der Waals surface area (Å²) in [6.45, 7) is 3.83. The van der Waals surface area contributed by atoms with Gasteiger partial charge in [-0.1, -0.05) is 60.2 Å². The number of allylic oxidation sites excluding steroid dienone is 2. The summed E-state index contributed by atoms with van der Waals surface area (Å²) >= 11 is 0. The number of benzene rings is 3. The fourth-order valence-corrected chi connectivity index (χ4v) is 3.50. The highest BCUT2D eigenvalue weighted by Gasteiger charge is 2.31. The van der Waals surface area contributed by atoms with Crippen molar-refractivity contribution in [2.24, 2.45) is 5.10 Å². The van der Waals surface area contributed by atoms with Crippen molar-refractivity contribution in [2.45, 2.75) is 13.8 Å². The lowest BCUT2D eigenvalue weighted by Gasteiger charge is -2.13. The molecule has 0 aromatic heterocycles. The van der Waals surface area contributed by atoms with E-state index in [2.05, 4.69) is 5.10 Å². The number of aryl methyl sites for hydroxylation is 1. The Bertz CT molecular complexity index is 1260. The Hall–Kier alpha value is -4.32. The number of hydrogen-bond acceptors (Lipinski definition) is 4. The number of nitro benzene ring substituents is 1. The number of nitro groups is 1. The van der Waals surface area contributed by atoms with E-state index in [-0.39, 0.29) is 11.6 Å². The van der Waals surface area contributed by atoms with Crippen LogP contribution in [0.5, 0.6) is 0 Å². The Balaban J connectivity index is 1.78. The van der Waals surface area contributed by atoms with Crippen molar-refractivity contribution in [1.29, 1.82) is 0 Å². The van der Waals surface area contributed by atoms with E-state index in [1.807, 2.05) is 80.6 Å². The van der Waals surface area contributed by atoms with Crippen molar-refractivity contribution in [1.82, 2.24) is 0 Å². The van der Waals surface area contributed by atoms with E-state index in [0.717, 1.165) is 22.3 Å². The second-order valence-electron chi connectivity index (χ2n) is 7.47. The molecule has 0 aliphatic carbocycles. The smallest absolute Gasteiger partial charge is 0.267 e. The van der Waals surface area contributed by atoms with Gasteiger partial charge in [-0.05, 0) is 54.8 Å². The molecule has 0 saturated carbocycles. The molecule has 0 N–H and O–H groups in total. The van der Waals surface area contributed by atoms with Crippen molar-refractivity contribution >= 4 is 34.6 Å². The van der Waals surface area contributed by atoms with Gasteiger partial charge in [0.25, 0.3) is 11.6 Å². The first kappa shape index (κ1) is 20.9. The molecule has 1 aliphatic heterocycles. The zero-order valence-electron chi connectivity index (χ0n) is 17.7. The van der Waals surface area contributed by atoms with Crippen molar-refractivity contribution < 1.29 is 9.72 Å². The topological polar surface area (TPSA) is 75.8 Å². The lowest BCUT2D eigenvalue weighted by atomic mass is 9.95. The Morgan fingerprint density at radius 2 is 1.59 bits per heavy atom. The number of non-ortho nitro benzene ring substituents is 1. The molecule has 4 rings (SSSR count). The highest BCUT2D eigenvalue weighted by molar-refractivity contribution is 6.34. The average Bonchev–Trinajstić information content (AvgIpc) is 3.10. The maximum atomic E-state index is 13.4. The summed E-state index contributed by atoms with van der Waals surface area (Å²) in [5.74, 6) is -0.197. The van der Waals surface area contributed by atoms with Crippen molar-refractivity contribution in [2.75, 3.05) is 5.01 Å². The molecule has 0 radical (unpaired) electrons. The van der Waals surface area contributed by atoms with Gasteiger partial charge in [-0.2, -0.15) is 10.1 Å². The van der Waals surface area contributed by atoms with Crippen LogP contribution in [0.15, 0.2) is 95.6 Å². The van der Waals surface area contributed by atoms with E-state index in [1.54, 1.807) is 12.1 Å². The molecule has 158 valence electrons. The molecule has 0 bridgehead atoms. The fraction of sp³-hybridized carbons (Fsp3) is 0.0769. The SMILES string of the molecule is CC1=NN(c2ccccc2)C(=O)/C1=C(/C=C\c1ccc([N+](=O)[O-])cc1)c1ccc(C)cc1. The summed E-state index contributed by atoms with van der Waals surface area (Å²) in [6, 6.07) is 23.5. The highest BCUT2D eigenvalue weighted by atomic mass is 16.6. The Labute approximate surface area is 186 Å². The highest BCUT2D eigenvalue weighted by Crippen LogP contribution is 2.30. The van der Waals surface area contributed by atoms with Crippen LogP contribution >= 0.6 is 0 Å². The van der Waals surface area contributed by atoms with E-state index in [0.29, 0.717) is 17.0 Å². The molecule has 0 unspecified atom stereocenters. The van der Waals surface area contributed by atoms with E-state index in [4.69, 9.17) is 0 Å². The number of anilines is 1. The number of carbonyl (C=O) groups is 1. The summed E-state index contributed by atoms with van der Waals surface area (Å²) in [5, 5.41) is 16.8. The van der Waals surface area contributed by atoms with Gasteiger partial charge in [-0.15, -0.1) is 0 Å². The second-order valence-corrected chi connectivity index (χ2v) is 7.47. The van der Waals surface area contributed by atoms with Gasteiger partial charge in [0.1, 0.15) is 0 Å².